The molecule has 0 unspecified atom stereocenters. The van der Waals surface area contributed by atoms with E-state index in [1.807, 2.05) is 53.8 Å². The fourth-order valence-corrected chi connectivity index (χ4v) is 9.96. The third-order valence-corrected chi connectivity index (χ3v) is 12.9. The third kappa shape index (κ3) is 6.35. The van der Waals surface area contributed by atoms with Gasteiger partial charge in [0.15, 0.2) is 17.5 Å². The minimum atomic E-state index is 0.589. The first-order valence-corrected chi connectivity index (χ1v) is 21.6. The summed E-state index contributed by atoms with van der Waals surface area (Å²) in [6.45, 7) is 0. The topological polar surface area (TPSA) is 51.8 Å². The Labute approximate surface area is 362 Å². The fraction of sp³-hybridized carbons (Fsp3) is 0. The predicted octanol–water partition coefficient (Wildman–Crippen LogP) is 15.8. The standard InChI is InChI=1S/C57H35N3OS/c1-4-15-36(16-5-1)42-32-43(37-17-6-2-7-18-37)34-44(33-42)39-29-30-48-51(35-39)61-50-27-14-26-49(53(48)50)57-59-55(38-19-8-3-9-20-38)58-56(60-57)41-22-12-21-40(31-41)45-24-13-25-47-46-23-10-11-28-52(46)62-54(45)47/h1-35H. The van der Waals surface area contributed by atoms with Gasteiger partial charge in [0.25, 0.3) is 0 Å². The van der Waals surface area contributed by atoms with E-state index in [4.69, 9.17) is 19.4 Å². The van der Waals surface area contributed by atoms with Gasteiger partial charge in [-0.2, -0.15) is 0 Å². The molecule has 0 amide bonds. The lowest BCUT2D eigenvalue weighted by Crippen LogP contribution is -2.00. The number of hydrogen-bond donors (Lipinski definition) is 0. The van der Waals surface area contributed by atoms with Crippen molar-refractivity contribution >= 4 is 53.4 Å². The largest absolute Gasteiger partial charge is 0.456 e. The van der Waals surface area contributed by atoms with Crippen LogP contribution < -0.4 is 0 Å². The van der Waals surface area contributed by atoms with Crippen molar-refractivity contribution in [1.82, 2.24) is 15.0 Å². The van der Waals surface area contributed by atoms with Gasteiger partial charge >= 0.3 is 0 Å². The van der Waals surface area contributed by atoms with Crippen LogP contribution in [0.2, 0.25) is 0 Å². The molecule has 0 aliphatic carbocycles. The minimum Gasteiger partial charge on any atom is -0.456 e. The molecule has 0 spiro atoms. The van der Waals surface area contributed by atoms with E-state index in [-0.39, 0.29) is 0 Å². The van der Waals surface area contributed by atoms with Gasteiger partial charge in [-0.05, 0) is 93.0 Å². The van der Waals surface area contributed by atoms with E-state index in [1.165, 1.54) is 36.9 Å². The number of hydrogen-bond acceptors (Lipinski definition) is 5. The summed E-state index contributed by atoms with van der Waals surface area (Å²) in [6, 6.07) is 74.6. The summed E-state index contributed by atoms with van der Waals surface area (Å²) in [4.78, 5) is 15.5. The first-order valence-electron chi connectivity index (χ1n) is 20.7. The van der Waals surface area contributed by atoms with Gasteiger partial charge in [0.2, 0.25) is 0 Å². The lowest BCUT2D eigenvalue weighted by Gasteiger charge is -2.11. The quantitative estimate of drug-likeness (QED) is 0.161. The summed E-state index contributed by atoms with van der Waals surface area (Å²) in [6.07, 6.45) is 0. The smallest absolute Gasteiger partial charge is 0.164 e. The Morgan fingerprint density at radius 1 is 0.306 bits per heavy atom. The number of fused-ring (bicyclic) bond motifs is 6. The Bertz CT molecular complexity index is 3570. The lowest BCUT2D eigenvalue weighted by molar-refractivity contribution is 0.669. The number of thiophene rings is 1. The van der Waals surface area contributed by atoms with Crippen molar-refractivity contribution in [2.75, 3.05) is 0 Å². The molecule has 0 aliphatic rings. The highest BCUT2D eigenvalue weighted by Gasteiger charge is 2.20. The molecule has 290 valence electrons. The highest BCUT2D eigenvalue weighted by Crippen LogP contribution is 2.42. The monoisotopic (exact) mass is 809 g/mol. The summed E-state index contributed by atoms with van der Waals surface area (Å²) in [5.74, 6) is 1.81. The van der Waals surface area contributed by atoms with Crippen LogP contribution in [0, 0.1) is 0 Å². The van der Waals surface area contributed by atoms with Crippen LogP contribution in [-0.2, 0) is 0 Å². The molecule has 5 heteroatoms. The summed E-state index contributed by atoms with van der Waals surface area (Å²) < 4.78 is 9.24. The highest BCUT2D eigenvalue weighted by atomic mass is 32.1. The second-order valence-corrected chi connectivity index (χ2v) is 16.6. The first-order chi connectivity index (χ1) is 30.7. The number of rotatable bonds is 7. The van der Waals surface area contributed by atoms with Crippen molar-refractivity contribution in [3.05, 3.63) is 212 Å². The zero-order valence-corrected chi connectivity index (χ0v) is 34.2. The normalized spacial score (nSPS) is 11.5. The molecule has 4 nitrogen and oxygen atoms in total. The van der Waals surface area contributed by atoms with E-state index in [9.17, 15) is 0 Å². The Kier molecular flexibility index (Phi) is 8.65. The molecule has 3 heterocycles. The predicted molar refractivity (Wildman–Crippen MR) is 258 cm³/mol. The molecule has 0 saturated heterocycles. The maximum atomic E-state index is 6.69. The van der Waals surface area contributed by atoms with Crippen molar-refractivity contribution < 1.29 is 4.42 Å². The van der Waals surface area contributed by atoms with Crippen molar-refractivity contribution in [2.45, 2.75) is 0 Å². The molecule has 12 aromatic rings. The van der Waals surface area contributed by atoms with E-state index >= 15 is 0 Å². The van der Waals surface area contributed by atoms with E-state index in [0.717, 1.165) is 66.4 Å². The van der Waals surface area contributed by atoms with Gasteiger partial charge in [-0.25, -0.2) is 15.0 Å². The van der Waals surface area contributed by atoms with E-state index < -0.39 is 0 Å². The van der Waals surface area contributed by atoms with Crippen LogP contribution in [0.4, 0.5) is 0 Å². The third-order valence-electron chi connectivity index (χ3n) is 11.7. The maximum absolute atomic E-state index is 6.69. The van der Waals surface area contributed by atoms with E-state index in [0.29, 0.717) is 17.5 Å². The van der Waals surface area contributed by atoms with Gasteiger partial charge in [0, 0.05) is 47.6 Å². The number of furan rings is 1. The molecule has 0 fully saturated rings. The van der Waals surface area contributed by atoms with Crippen LogP contribution in [0.25, 0.3) is 121 Å². The van der Waals surface area contributed by atoms with Crippen LogP contribution in [0.5, 0.6) is 0 Å². The van der Waals surface area contributed by atoms with Crippen LogP contribution in [0.3, 0.4) is 0 Å². The van der Waals surface area contributed by atoms with Gasteiger partial charge in [0.1, 0.15) is 11.2 Å². The number of aromatic nitrogens is 3. The molecule has 12 rings (SSSR count). The Morgan fingerprint density at radius 2 is 0.839 bits per heavy atom. The summed E-state index contributed by atoms with van der Waals surface area (Å²) in [7, 11) is 0. The molecule has 0 bridgehead atoms. The van der Waals surface area contributed by atoms with Gasteiger partial charge in [0.05, 0.1) is 0 Å². The molecule has 9 aromatic carbocycles. The molecular weight excluding hydrogens is 775 g/mol. The number of benzene rings is 9. The van der Waals surface area contributed by atoms with Gasteiger partial charge in [-0.3, -0.25) is 0 Å². The van der Waals surface area contributed by atoms with Crippen molar-refractivity contribution in [1.29, 1.82) is 0 Å². The summed E-state index contributed by atoms with van der Waals surface area (Å²) in [5.41, 5.74) is 13.5. The molecule has 0 N–H and O–H groups in total. The Hall–Kier alpha value is -7.99. The first kappa shape index (κ1) is 35.9. The molecule has 0 atom stereocenters. The molecular formula is C57H35N3OS. The zero-order chi connectivity index (χ0) is 41.0. The Morgan fingerprint density at radius 3 is 1.58 bits per heavy atom. The number of nitrogens with zero attached hydrogens (tertiary/aromatic N) is 3. The van der Waals surface area contributed by atoms with Gasteiger partial charge in [-0.1, -0.05) is 164 Å². The van der Waals surface area contributed by atoms with Gasteiger partial charge in [-0.15, -0.1) is 11.3 Å². The second-order valence-electron chi connectivity index (χ2n) is 15.6. The molecule has 0 saturated carbocycles. The van der Waals surface area contributed by atoms with Gasteiger partial charge < -0.3 is 4.42 Å². The van der Waals surface area contributed by atoms with E-state index in [1.54, 1.807) is 0 Å². The molecule has 62 heavy (non-hydrogen) atoms. The SMILES string of the molecule is c1ccc(-c2cc(-c3ccccc3)cc(-c3ccc4c(c3)oc3cccc(-c5nc(-c6ccccc6)nc(-c6cccc(-c7cccc8c7sc7ccccc78)c6)n5)c34)c2)cc1. The molecule has 3 aromatic heterocycles. The molecule has 0 radical (unpaired) electrons. The average molecular weight is 810 g/mol. The highest BCUT2D eigenvalue weighted by molar-refractivity contribution is 7.26. The van der Waals surface area contributed by atoms with Crippen molar-refractivity contribution in [3.8, 4) is 78.7 Å². The van der Waals surface area contributed by atoms with E-state index in [2.05, 4.69) is 170 Å². The Balaban J connectivity index is 0.994. The van der Waals surface area contributed by atoms with Crippen molar-refractivity contribution in [3.63, 3.8) is 0 Å². The van der Waals surface area contributed by atoms with Crippen LogP contribution >= 0.6 is 11.3 Å². The lowest BCUT2D eigenvalue weighted by atomic mass is 9.93. The summed E-state index contributed by atoms with van der Waals surface area (Å²) in [5, 5.41) is 4.53. The van der Waals surface area contributed by atoms with Crippen molar-refractivity contribution in [2.24, 2.45) is 0 Å². The summed E-state index contributed by atoms with van der Waals surface area (Å²) >= 11 is 1.84. The van der Waals surface area contributed by atoms with Crippen LogP contribution in [0.15, 0.2) is 217 Å². The second kappa shape index (κ2) is 14.9. The minimum absolute atomic E-state index is 0.589. The zero-order valence-electron chi connectivity index (χ0n) is 33.4. The average Bonchev–Trinajstić information content (AvgIpc) is 3.93. The fourth-order valence-electron chi connectivity index (χ4n) is 8.72. The van der Waals surface area contributed by atoms with Crippen LogP contribution in [0.1, 0.15) is 0 Å². The van der Waals surface area contributed by atoms with Crippen LogP contribution in [-0.4, -0.2) is 15.0 Å². The molecule has 0 aliphatic heterocycles. The maximum Gasteiger partial charge on any atom is 0.164 e.